The van der Waals surface area contributed by atoms with Gasteiger partial charge in [0.05, 0.1) is 5.41 Å². The zero-order valence-corrected chi connectivity index (χ0v) is 12.3. The maximum absolute atomic E-state index is 13.7. The summed E-state index contributed by atoms with van der Waals surface area (Å²) in [5.74, 6) is -0.653. The number of rotatable bonds is 5. The van der Waals surface area contributed by atoms with E-state index < -0.39 is 5.41 Å². The summed E-state index contributed by atoms with van der Waals surface area (Å²) in [6.07, 6.45) is 0. The van der Waals surface area contributed by atoms with E-state index in [9.17, 15) is 9.18 Å². The van der Waals surface area contributed by atoms with E-state index in [0.29, 0.717) is 16.6 Å². The lowest BCUT2D eigenvalue weighted by molar-refractivity contribution is -0.125. The third-order valence-electron chi connectivity index (χ3n) is 2.95. The Bertz CT molecular complexity index is 449. The quantitative estimate of drug-likeness (QED) is 0.877. The zero-order chi connectivity index (χ0) is 13.9. The van der Waals surface area contributed by atoms with Gasteiger partial charge in [0.2, 0.25) is 5.91 Å². The van der Waals surface area contributed by atoms with Crippen LogP contribution in [0, 0.1) is 11.2 Å². The molecule has 0 spiro atoms. The number of primary amides is 1. The molecule has 3 nitrogen and oxygen atoms in total. The summed E-state index contributed by atoms with van der Waals surface area (Å²) < 4.78 is 14.4. The van der Waals surface area contributed by atoms with Gasteiger partial charge in [-0.2, -0.15) is 0 Å². The van der Waals surface area contributed by atoms with Gasteiger partial charge in [0.15, 0.2) is 0 Å². The van der Waals surface area contributed by atoms with Crippen LogP contribution in [0.15, 0.2) is 22.7 Å². The molecule has 1 aromatic carbocycles. The van der Waals surface area contributed by atoms with Crippen molar-refractivity contribution in [2.24, 2.45) is 11.1 Å². The normalized spacial score (nSPS) is 13.4. The van der Waals surface area contributed by atoms with Gasteiger partial charge in [0, 0.05) is 22.6 Å². The molecule has 0 bridgehead atoms. The van der Waals surface area contributed by atoms with Crippen LogP contribution in [0.2, 0.25) is 0 Å². The van der Waals surface area contributed by atoms with Gasteiger partial charge in [0.25, 0.3) is 0 Å². The molecule has 18 heavy (non-hydrogen) atoms. The molecule has 0 aliphatic heterocycles. The van der Waals surface area contributed by atoms with Crippen LogP contribution in [0.5, 0.6) is 0 Å². The molecule has 0 fully saturated rings. The van der Waals surface area contributed by atoms with E-state index in [1.807, 2.05) is 6.92 Å². The Balaban J connectivity index is 2.71. The van der Waals surface area contributed by atoms with Crippen LogP contribution in [0.3, 0.4) is 0 Å². The molecular formula is C13H18BrFN2O. The van der Waals surface area contributed by atoms with Crippen molar-refractivity contribution >= 4 is 21.8 Å². The number of halogens is 2. The van der Waals surface area contributed by atoms with Crippen molar-refractivity contribution in [3.8, 4) is 0 Å². The van der Waals surface area contributed by atoms with Crippen molar-refractivity contribution in [2.45, 2.75) is 26.8 Å². The van der Waals surface area contributed by atoms with E-state index in [1.54, 1.807) is 26.0 Å². The van der Waals surface area contributed by atoms with E-state index in [1.165, 1.54) is 6.07 Å². The second-order valence-electron chi connectivity index (χ2n) is 5.02. The summed E-state index contributed by atoms with van der Waals surface area (Å²) in [5.41, 5.74) is 5.20. The minimum Gasteiger partial charge on any atom is -0.369 e. The minimum absolute atomic E-state index is 0.184. The average Bonchev–Trinajstić information content (AvgIpc) is 2.25. The number of hydrogen-bond donors (Lipinski definition) is 2. The lowest BCUT2D eigenvalue weighted by Crippen LogP contribution is -2.41. The van der Waals surface area contributed by atoms with Crippen LogP contribution in [0.1, 0.15) is 32.4 Å². The first kappa shape index (κ1) is 15.1. The summed E-state index contributed by atoms with van der Waals surface area (Å²) in [5, 5.41) is 3.12. The summed E-state index contributed by atoms with van der Waals surface area (Å²) >= 11 is 3.21. The van der Waals surface area contributed by atoms with Gasteiger partial charge < -0.3 is 11.1 Å². The zero-order valence-electron chi connectivity index (χ0n) is 10.8. The third-order valence-corrected chi connectivity index (χ3v) is 3.44. The van der Waals surface area contributed by atoms with Crippen molar-refractivity contribution in [3.63, 3.8) is 0 Å². The second kappa shape index (κ2) is 5.80. The molecule has 0 aromatic heterocycles. The molecule has 1 amide bonds. The van der Waals surface area contributed by atoms with Gasteiger partial charge in [-0.3, -0.25) is 4.79 Å². The molecule has 0 saturated heterocycles. The number of benzene rings is 1. The van der Waals surface area contributed by atoms with Crippen molar-refractivity contribution in [1.82, 2.24) is 5.32 Å². The Morgan fingerprint density at radius 3 is 2.67 bits per heavy atom. The summed E-state index contributed by atoms with van der Waals surface area (Å²) in [7, 11) is 0. The highest BCUT2D eigenvalue weighted by molar-refractivity contribution is 9.10. The number of carbonyl (C=O) groups excluding carboxylic acids is 1. The fourth-order valence-corrected chi connectivity index (χ4v) is 1.79. The lowest BCUT2D eigenvalue weighted by Gasteiger charge is -2.24. The van der Waals surface area contributed by atoms with Crippen molar-refractivity contribution in [2.75, 3.05) is 6.54 Å². The number of nitrogens with two attached hydrogens (primary N) is 1. The molecule has 0 saturated carbocycles. The highest BCUT2D eigenvalue weighted by atomic mass is 79.9. The van der Waals surface area contributed by atoms with Gasteiger partial charge >= 0.3 is 0 Å². The highest BCUT2D eigenvalue weighted by Crippen LogP contribution is 2.22. The summed E-state index contributed by atoms with van der Waals surface area (Å²) in [6, 6.07) is 4.74. The smallest absolute Gasteiger partial charge is 0.224 e. The topological polar surface area (TPSA) is 55.1 Å². The number of amides is 1. The third kappa shape index (κ3) is 3.78. The molecule has 3 N–H and O–H groups in total. The largest absolute Gasteiger partial charge is 0.369 e. The maximum Gasteiger partial charge on any atom is 0.224 e. The van der Waals surface area contributed by atoms with Crippen molar-refractivity contribution in [3.05, 3.63) is 34.1 Å². The standard InChI is InChI=1S/C13H18BrFN2O/c1-8(17-7-13(2,3)12(16)18)10-5-4-9(14)6-11(10)15/h4-6,8,17H,7H2,1-3H3,(H2,16,18)/t8-/m0/s1. The minimum atomic E-state index is -0.653. The molecule has 100 valence electrons. The van der Waals surface area contributed by atoms with Crippen LogP contribution in [-0.2, 0) is 4.79 Å². The van der Waals surface area contributed by atoms with Crippen molar-refractivity contribution in [1.29, 1.82) is 0 Å². The summed E-state index contributed by atoms with van der Waals surface area (Å²) in [4.78, 5) is 11.2. The number of hydrogen-bond acceptors (Lipinski definition) is 2. The Hall–Kier alpha value is -0.940. The van der Waals surface area contributed by atoms with E-state index >= 15 is 0 Å². The molecule has 1 aromatic rings. The monoisotopic (exact) mass is 316 g/mol. The van der Waals surface area contributed by atoms with Gasteiger partial charge in [-0.25, -0.2) is 4.39 Å². The Kier molecular flexibility index (Phi) is 4.87. The number of nitrogens with one attached hydrogen (secondary N) is 1. The maximum atomic E-state index is 13.7. The van der Waals surface area contributed by atoms with E-state index in [4.69, 9.17) is 5.73 Å². The molecule has 0 aliphatic carbocycles. The molecule has 1 atom stereocenters. The fraction of sp³-hybridized carbons (Fsp3) is 0.462. The SMILES string of the molecule is C[C@H](NCC(C)(C)C(N)=O)c1ccc(Br)cc1F. The molecule has 0 radical (unpaired) electrons. The second-order valence-corrected chi connectivity index (χ2v) is 5.93. The molecule has 5 heteroatoms. The molecule has 0 unspecified atom stereocenters. The predicted molar refractivity (Wildman–Crippen MR) is 73.5 cm³/mol. The van der Waals surface area contributed by atoms with E-state index in [2.05, 4.69) is 21.2 Å². The predicted octanol–water partition coefficient (Wildman–Crippen LogP) is 2.75. The van der Waals surface area contributed by atoms with Gasteiger partial charge in [-0.05, 0) is 32.9 Å². The molecule has 0 aliphatic rings. The van der Waals surface area contributed by atoms with Gasteiger partial charge in [-0.15, -0.1) is 0 Å². The Morgan fingerprint density at radius 1 is 1.56 bits per heavy atom. The summed E-state index contributed by atoms with van der Waals surface area (Å²) in [6.45, 7) is 5.77. The van der Waals surface area contributed by atoms with Crippen LogP contribution < -0.4 is 11.1 Å². The first-order valence-corrected chi connectivity index (χ1v) is 6.51. The lowest BCUT2D eigenvalue weighted by atomic mass is 9.92. The first-order chi connectivity index (χ1) is 8.24. The molecular weight excluding hydrogens is 299 g/mol. The Labute approximate surface area is 115 Å². The van der Waals surface area contributed by atoms with E-state index in [-0.39, 0.29) is 17.8 Å². The Morgan fingerprint density at radius 2 is 2.17 bits per heavy atom. The van der Waals surface area contributed by atoms with Crippen LogP contribution in [0.25, 0.3) is 0 Å². The molecule has 0 heterocycles. The number of carbonyl (C=O) groups is 1. The van der Waals surface area contributed by atoms with Crippen LogP contribution >= 0.6 is 15.9 Å². The van der Waals surface area contributed by atoms with E-state index in [0.717, 1.165) is 0 Å². The van der Waals surface area contributed by atoms with Gasteiger partial charge in [0.1, 0.15) is 5.82 Å². The van der Waals surface area contributed by atoms with Crippen LogP contribution in [-0.4, -0.2) is 12.5 Å². The molecule has 1 rings (SSSR count). The highest BCUT2D eigenvalue weighted by Gasteiger charge is 2.25. The van der Waals surface area contributed by atoms with Crippen LogP contribution in [0.4, 0.5) is 4.39 Å². The van der Waals surface area contributed by atoms with Gasteiger partial charge in [-0.1, -0.05) is 22.0 Å². The fourth-order valence-electron chi connectivity index (χ4n) is 1.46. The van der Waals surface area contributed by atoms with Crippen molar-refractivity contribution < 1.29 is 9.18 Å². The average molecular weight is 317 g/mol. The first-order valence-electron chi connectivity index (χ1n) is 5.72.